The Bertz CT molecular complexity index is 1290. The standard InChI is InChI=1S/C26H21F2NO5/c1-33-24(30)10-11-34-26(32)17-5-3-15-2-4-16-12-19(7-8-20(16)25(31)21(15)13-17)29-23-9-6-18(27)14-22(23)28/h3,5-9,12-14,29H,2,4,10-11H2,1H3. The van der Waals surface area contributed by atoms with E-state index < -0.39 is 23.6 Å². The molecular weight excluding hydrogens is 444 g/mol. The van der Waals surface area contributed by atoms with E-state index in [9.17, 15) is 23.2 Å². The van der Waals surface area contributed by atoms with Crippen LogP contribution >= 0.6 is 0 Å². The predicted molar refractivity (Wildman–Crippen MR) is 120 cm³/mol. The van der Waals surface area contributed by atoms with Crippen molar-refractivity contribution >= 4 is 29.1 Å². The molecule has 6 nitrogen and oxygen atoms in total. The van der Waals surface area contributed by atoms with Gasteiger partial charge in [0.05, 0.1) is 24.8 Å². The number of benzene rings is 3. The zero-order valence-corrected chi connectivity index (χ0v) is 18.3. The fourth-order valence-corrected chi connectivity index (χ4v) is 3.81. The molecule has 174 valence electrons. The van der Waals surface area contributed by atoms with Gasteiger partial charge in [-0.15, -0.1) is 0 Å². The van der Waals surface area contributed by atoms with Gasteiger partial charge in [-0.3, -0.25) is 9.59 Å². The van der Waals surface area contributed by atoms with Crippen LogP contribution in [0.25, 0.3) is 0 Å². The van der Waals surface area contributed by atoms with Crippen LogP contribution in [-0.4, -0.2) is 31.4 Å². The third-order valence-electron chi connectivity index (χ3n) is 5.58. The maximum absolute atomic E-state index is 14.0. The molecule has 0 unspecified atom stereocenters. The Morgan fingerprint density at radius 2 is 1.74 bits per heavy atom. The molecule has 1 N–H and O–H groups in total. The molecule has 0 saturated heterocycles. The number of carbonyl (C=O) groups is 3. The Labute approximate surface area is 194 Å². The number of ether oxygens (including phenoxy) is 2. The van der Waals surface area contributed by atoms with Gasteiger partial charge < -0.3 is 14.8 Å². The lowest BCUT2D eigenvalue weighted by Crippen LogP contribution is -2.12. The van der Waals surface area contributed by atoms with Gasteiger partial charge in [0.15, 0.2) is 5.78 Å². The van der Waals surface area contributed by atoms with Gasteiger partial charge in [-0.1, -0.05) is 6.07 Å². The maximum atomic E-state index is 14.0. The largest absolute Gasteiger partial charge is 0.469 e. The number of nitrogens with one attached hydrogen (secondary N) is 1. The number of aryl methyl sites for hydroxylation is 2. The molecule has 0 spiro atoms. The highest BCUT2D eigenvalue weighted by molar-refractivity contribution is 6.12. The van der Waals surface area contributed by atoms with Crippen molar-refractivity contribution in [2.75, 3.05) is 19.0 Å². The number of esters is 2. The van der Waals surface area contributed by atoms with Crippen LogP contribution in [0.4, 0.5) is 20.2 Å². The van der Waals surface area contributed by atoms with Crippen LogP contribution in [0.15, 0.2) is 54.6 Å². The first-order valence-corrected chi connectivity index (χ1v) is 10.6. The van der Waals surface area contributed by atoms with Crippen LogP contribution < -0.4 is 5.32 Å². The summed E-state index contributed by atoms with van der Waals surface area (Å²) < 4.78 is 36.8. The molecule has 1 aliphatic carbocycles. The van der Waals surface area contributed by atoms with Gasteiger partial charge in [-0.25, -0.2) is 13.6 Å². The lowest BCUT2D eigenvalue weighted by Gasteiger charge is -2.11. The number of rotatable bonds is 6. The van der Waals surface area contributed by atoms with Crippen LogP contribution in [0.5, 0.6) is 0 Å². The summed E-state index contributed by atoms with van der Waals surface area (Å²) in [6.45, 7) is -0.121. The van der Waals surface area contributed by atoms with Crippen LogP contribution in [0.3, 0.4) is 0 Å². The van der Waals surface area contributed by atoms with E-state index in [1.165, 1.54) is 19.2 Å². The summed E-state index contributed by atoms with van der Waals surface area (Å²) in [6, 6.07) is 13.2. The molecule has 3 aromatic rings. The summed E-state index contributed by atoms with van der Waals surface area (Å²) in [5, 5.41) is 2.91. The topological polar surface area (TPSA) is 81.7 Å². The first-order valence-electron chi connectivity index (χ1n) is 10.6. The Hall–Kier alpha value is -4.07. The second-order valence-electron chi connectivity index (χ2n) is 7.78. The second-order valence-corrected chi connectivity index (χ2v) is 7.78. The minimum absolute atomic E-state index is 0.0579. The number of fused-ring (bicyclic) bond motifs is 2. The van der Waals surface area contributed by atoms with Crippen LogP contribution in [0, 0.1) is 11.6 Å². The van der Waals surface area contributed by atoms with E-state index in [1.54, 1.807) is 30.3 Å². The van der Waals surface area contributed by atoms with E-state index in [-0.39, 0.29) is 30.1 Å². The van der Waals surface area contributed by atoms with Gasteiger partial charge in [0.25, 0.3) is 0 Å². The zero-order chi connectivity index (χ0) is 24.2. The van der Waals surface area contributed by atoms with E-state index in [0.29, 0.717) is 29.7 Å². The summed E-state index contributed by atoms with van der Waals surface area (Å²) in [6.07, 6.45) is 1.08. The number of ketones is 1. The van der Waals surface area contributed by atoms with Crippen molar-refractivity contribution in [1.29, 1.82) is 0 Å². The summed E-state index contributed by atoms with van der Waals surface area (Å²) in [5.74, 6) is -2.74. The highest BCUT2D eigenvalue weighted by Gasteiger charge is 2.23. The van der Waals surface area contributed by atoms with E-state index in [4.69, 9.17) is 4.74 Å². The normalized spacial score (nSPS) is 12.3. The van der Waals surface area contributed by atoms with Gasteiger partial charge in [0, 0.05) is 22.9 Å². The third kappa shape index (κ3) is 4.96. The number of anilines is 2. The quantitative estimate of drug-likeness (QED) is 0.529. The van der Waals surface area contributed by atoms with Crippen molar-refractivity contribution < 1.29 is 32.6 Å². The fraction of sp³-hybridized carbons (Fsp3) is 0.192. The van der Waals surface area contributed by atoms with E-state index in [2.05, 4.69) is 10.1 Å². The molecule has 8 heteroatoms. The van der Waals surface area contributed by atoms with Gasteiger partial charge in [-0.2, -0.15) is 0 Å². The molecule has 0 amide bonds. The lowest BCUT2D eigenvalue weighted by molar-refractivity contribution is -0.141. The van der Waals surface area contributed by atoms with E-state index in [1.807, 2.05) is 0 Å². The molecule has 1 aliphatic rings. The molecule has 0 fully saturated rings. The zero-order valence-electron chi connectivity index (χ0n) is 18.3. The molecule has 0 saturated carbocycles. The average Bonchev–Trinajstić information content (AvgIpc) is 2.96. The molecule has 4 rings (SSSR count). The van der Waals surface area contributed by atoms with Crippen molar-refractivity contribution in [2.24, 2.45) is 0 Å². The lowest BCUT2D eigenvalue weighted by atomic mass is 9.97. The number of methoxy groups -OCH3 is 1. The molecule has 0 atom stereocenters. The molecule has 0 aromatic heterocycles. The number of carbonyl (C=O) groups excluding carboxylic acids is 3. The van der Waals surface area contributed by atoms with Gasteiger partial charge in [-0.05, 0) is 66.4 Å². The predicted octanol–water partition coefficient (Wildman–Crippen LogP) is 4.76. The Balaban J connectivity index is 1.54. The molecular formula is C26H21F2NO5. The smallest absolute Gasteiger partial charge is 0.338 e. The minimum Gasteiger partial charge on any atom is -0.469 e. The van der Waals surface area contributed by atoms with Crippen molar-refractivity contribution in [1.82, 2.24) is 0 Å². The second kappa shape index (κ2) is 9.82. The molecule has 3 aromatic carbocycles. The molecule has 0 bridgehead atoms. The third-order valence-corrected chi connectivity index (χ3v) is 5.58. The number of halogens is 2. The van der Waals surface area contributed by atoms with Gasteiger partial charge in [0.1, 0.15) is 18.2 Å². The molecule has 0 aliphatic heterocycles. The number of hydrogen-bond acceptors (Lipinski definition) is 6. The average molecular weight is 465 g/mol. The summed E-state index contributed by atoms with van der Waals surface area (Å²) in [4.78, 5) is 36.8. The SMILES string of the molecule is COC(=O)CCOC(=O)c1ccc2c(c1)C(=O)c1ccc(Nc3ccc(F)cc3F)cc1CC2. The minimum atomic E-state index is -0.718. The first-order chi connectivity index (χ1) is 16.4. The van der Waals surface area contributed by atoms with E-state index >= 15 is 0 Å². The van der Waals surface area contributed by atoms with Gasteiger partial charge in [0.2, 0.25) is 0 Å². The fourth-order valence-electron chi connectivity index (χ4n) is 3.81. The molecule has 0 heterocycles. The van der Waals surface area contributed by atoms with E-state index in [0.717, 1.165) is 23.3 Å². The molecule has 34 heavy (non-hydrogen) atoms. The Kier molecular flexibility index (Phi) is 6.67. The van der Waals surface area contributed by atoms with Crippen molar-refractivity contribution in [3.05, 3.63) is 94.0 Å². The Morgan fingerprint density at radius 3 is 2.50 bits per heavy atom. The monoisotopic (exact) mass is 465 g/mol. The van der Waals surface area contributed by atoms with Crippen LogP contribution in [0.2, 0.25) is 0 Å². The molecule has 0 radical (unpaired) electrons. The summed E-state index contributed by atoms with van der Waals surface area (Å²) in [7, 11) is 1.25. The number of hydrogen-bond donors (Lipinski definition) is 1. The highest BCUT2D eigenvalue weighted by atomic mass is 19.1. The van der Waals surface area contributed by atoms with Crippen LogP contribution in [-0.2, 0) is 27.1 Å². The first kappa shape index (κ1) is 23.1. The van der Waals surface area contributed by atoms with Crippen LogP contribution in [0.1, 0.15) is 43.8 Å². The highest BCUT2D eigenvalue weighted by Crippen LogP contribution is 2.29. The summed E-state index contributed by atoms with van der Waals surface area (Å²) >= 11 is 0. The maximum Gasteiger partial charge on any atom is 0.338 e. The summed E-state index contributed by atoms with van der Waals surface area (Å²) in [5.41, 5.74) is 3.37. The van der Waals surface area contributed by atoms with Crippen molar-refractivity contribution in [2.45, 2.75) is 19.3 Å². The Morgan fingerprint density at radius 1 is 0.941 bits per heavy atom. The van der Waals surface area contributed by atoms with Crippen molar-refractivity contribution in [3.8, 4) is 0 Å². The van der Waals surface area contributed by atoms with Gasteiger partial charge >= 0.3 is 11.9 Å². The van der Waals surface area contributed by atoms with Crippen molar-refractivity contribution in [3.63, 3.8) is 0 Å².